The van der Waals surface area contributed by atoms with Gasteiger partial charge in [-0.15, -0.1) is 0 Å². The Morgan fingerprint density at radius 3 is 2.48 bits per heavy atom. The van der Waals surface area contributed by atoms with E-state index in [4.69, 9.17) is 4.74 Å². The van der Waals surface area contributed by atoms with Crippen molar-refractivity contribution in [3.63, 3.8) is 0 Å². The van der Waals surface area contributed by atoms with Crippen molar-refractivity contribution in [1.82, 2.24) is 0 Å². The van der Waals surface area contributed by atoms with Gasteiger partial charge in [-0.2, -0.15) is 0 Å². The summed E-state index contributed by atoms with van der Waals surface area (Å²) in [5.74, 6) is -0.576. The molecule has 2 nitrogen and oxygen atoms in total. The maximum Gasteiger partial charge on any atom is 0.129 e. The number of hydrogen-bond donors (Lipinski definition) is 1. The highest BCUT2D eigenvalue weighted by molar-refractivity contribution is 9.10. The number of rotatable bonds is 5. The highest BCUT2D eigenvalue weighted by Gasteiger charge is 2.13. The van der Waals surface area contributed by atoms with Gasteiger partial charge in [0.1, 0.15) is 17.4 Å². The lowest BCUT2D eigenvalue weighted by Gasteiger charge is -2.13. The molecule has 0 bridgehead atoms. The van der Waals surface area contributed by atoms with Crippen molar-refractivity contribution in [2.24, 2.45) is 0 Å². The van der Waals surface area contributed by atoms with Gasteiger partial charge >= 0.3 is 0 Å². The fourth-order valence-electron chi connectivity index (χ4n) is 2.10. The monoisotopic (exact) mass is 356 g/mol. The van der Waals surface area contributed by atoms with Crippen LogP contribution < -0.4 is 4.74 Å². The third-order valence-electron chi connectivity index (χ3n) is 3.18. The summed E-state index contributed by atoms with van der Waals surface area (Å²) in [4.78, 5) is 0. The summed E-state index contributed by atoms with van der Waals surface area (Å²) in [5.41, 5.74) is 1.16. The van der Waals surface area contributed by atoms with Crippen molar-refractivity contribution in [2.75, 3.05) is 7.11 Å². The zero-order chi connectivity index (χ0) is 15.4. The number of aliphatic hydroxyl groups excluding tert-OH is 1. The Kier molecular flexibility index (Phi) is 5.31. The maximum absolute atomic E-state index is 13.6. The van der Waals surface area contributed by atoms with Gasteiger partial charge in [0, 0.05) is 17.0 Å². The third-order valence-corrected chi connectivity index (χ3v) is 3.95. The molecule has 2 aromatic rings. The SMILES string of the molecule is COc1ccc(Br)c(CC(O)Cc2ccc(F)cc2F)c1. The number of methoxy groups -OCH3 is 1. The van der Waals surface area contributed by atoms with Gasteiger partial charge in [0.25, 0.3) is 0 Å². The van der Waals surface area contributed by atoms with E-state index in [0.717, 1.165) is 16.1 Å². The van der Waals surface area contributed by atoms with Crippen molar-refractivity contribution in [3.8, 4) is 5.75 Å². The van der Waals surface area contributed by atoms with Crippen LogP contribution in [0.1, 0.15) is 11.1 Å². The van der Waals surface area contributed by atoms with Crippen LogP contribution in [-0.4, -0.2) is 18.3 Å². The lowest BCUT2D eigenvalue weighted by Crippen LogP contribution is -2.15. The summed E-state index contributed by atoms with van der Waals surface area (Å²) in [6, 6.07) is 8.82. The van der Waals surface area contributed by atoms with E-state index in [-0.39, 0.29) is 6.42 Å². The minimum Gasteiger partial charge on any atom is -0.497 e. The van der Waals surface area contributed by atoms with Crippen LogP contribution >= 0.6 is 15.9 Å². The first kappa shape index (κ1) is 15.9. The summed E-state index contributed by atoms with van der Waals surface area (Å²) in [6.45, 7) is 0. The van der Waals surface area contributed by atoms with E-state index in [1.807, 2.05) is 12.1 Å². The van der Waals surface area contributed by atoms with Crippen molar-refractivity contribution < 1.29 is 18.6 Å². The predicted octanol–water partition coefficient (Wildman–Crippen LogP) is 3.88. The Bertz CT molecular complexity index is 632. The second-order valence-electron chi connectivity index (χ2n) is 4.76. The topological polar surface area (TPSA) is 29.5 Å². The average Bonchev–Trinajstić information content (AvgIpc) is 2.44. The van der Waals surface area contributed by atoms with Crippen molar-refractivity contribution in [2.45, 2.75) is 18.9 Å². The van der Waals surface area contributed by atoms with E-state index >= 15 is 0 Å². The molecule has 0 aromatic heterocycles. The first-order valence-electron chi connectivity index (χ1n) is 6.44. The number of ether oxygens (including phenoxy) is 1. The van der Waals surface area contributed by atoms with Crippen molar-refractivity contribution in [3.05, 3.63) is 63.6 Å². The second kappa shape index (κ2) is 7.00. The summed E-state index contributed by atoms with van der Waals surface area (Å²) >= 11 is 3.41. The number of aliphatic hydroxyl groups is 1. The number of halogens is 3. The van der Waals surface area contributed by atoms with E-state index in [9.17, 15) is 13.9 Å². The standard InChI is InChI=1S/C16H15BrF2O2/c1-21-14-4-5-15(17)11(8-14)7-13(20)6-10-2-3-12(18)9-16(10)19/h2-5,8-9,13,20H,6-7H2,1H3. The molecule has 2 rings (SSSR count). The Morgan fingerprint density at radius 1 is 1.10 bits per heavy atom. The van der Waals surface area contributed by atoms with E-state index in [2.05, 4.69) is 15.9 Å². The Morgan fingerprint density at radius 2 is 1.81 bits per heavy atom. The minimum atomic E-state index is -0.770. The third kappa shape index (κ3) is 4.25. The van der Waals surface area contributed by atoms with Gasteiger partial charge in [0.2, 0.25) is 0 Å². The Labute approximate surface area is 130 Å². The van der Waals surface area contributed by atoms with Gasteiger partial charge in [0.05, 0.1) is 13.2 Å². The molecule has 0 amide bonds. The number of hydrogen-bond acceptors (Lipinski definition) is 2. The van der Waals surface area contributed by atoms with Gasteiger partial charge in [-0.05, 0) is 41.8 Å². The molecular weight excluding hydrogens is 342 g/mol. The first-order chi connectivity index (χ1) is 9.99. The van der Waals surface area contributed by atoms with Crippen LogP contribution in [0.3, 0.4) is 0 Å². The number of benzene rings is 2. The largest absolute Gasteiger partial charge is 0.497 e. The molecule has 0 spiro atoms. The smallest absolute Gasteiger partial charge is 0.129 e. The van der Waals surface area contributed by atoms with Crippen molar-refractivity contribution in [1.29, 1.82) is 0 Å². The first-order valence-corrected chi connectivity index (χ1v) is 7.23. The average molecular weight is 357 g/mol. The van der Waals surface area contributed by atoms with Crippen LogP contribution in [0.2, 0.25) is 0 Å². The van der Waals surface area contributed by atoms with Crippen LogP contribution in [0.25, 0.3) is 0 Å². The van der Waals surface area contributed by atoms with Crippen LogP contribution in [0, 0.1) is 11.6 Å². The molecule has 1 atom stereocenters. The quantitative estimate of drug-likeness (QED) is 0.880. The molecule has 112 valence electrons. The van der Waals surface area contributed by atoms with Gasteiger partial charge in [-0.1, -0.05) is 22.0 Å². The van der Waals surface area contributed by atoms with Gasteiger partial charge in [-0.3, -0.25) is 0 Å². The van der Waals surface area contributed by atoms with Crippen LogP contribution in [0.5, 0.6) is 5.75 Å². The zero-order valence-corrected chi connectivity index (χ0v) is 13.0. The lowest BCUT2D eigenvalue weighted by molar-refractivity contribution is 0.174. The lowest BCUT2D eigenvalue weighted by atomic mass is 10.0. The van der Waals surface area contributed by atoms with Crippen LogP contribution in [-0.2, 0) is 12.8 Å². The van der Waals surface area contributed by atoms with E-state index in [1.165, 1.54) is 12.1 Å². The second-order valence-corrected chi connectivity index (χ2v) is 5.61. The normalized spacial score (nSPS) is 12.2. The summed E-state index contributed by atoms with van der Waals surface area (Å²) in [5, 5.41) is 10.1. The molecule has 0 aliphatic rings. The van der Waals surface area contributed by atoms with Crippen LogP contribution in [0.4, 0.5) is 8.78 Å². The van der Waals surface area contributed by atoms with Crippen LogP contribution in [0.15, 0.2) is 40.9 Å². The Hall–Kier alpha value is -1.46. The van der Waals surface area contributed by atoms with E-state index in [0.29, 0.717) is 17.7 Å². The molecule has 0 aliphatic heterocycles. The molecule has 0 aliphatic carbocycles. The van der Waals surface area contributed by atoms with E-state index < -0.39 is 17.7 Å². The molecule has 1 N–H and O–H groups in total. The molecular formula is C16H15BrF2O2. The molecule has 0 radical (unpaired) electrons. The summed E-state index contributed by atoms with van der Waals surface area (Å²) in [7, 11) is 1.57. The van der Waals surface area contributed by atoms with Gasteiger partial charge in [0.15, 0.2) is 0 Å². The van der Waals surface area contributed by atoms with E-state index in [1.54, 1.807) is 13.2 Å². The molecule has 0 saturated heterocycles. The predicted molar refractivity (Wildman–Crippen MR) is 80.5 cm³/mol. The zero-order valence-electron chi connectivity index (χ0n) is 11.4. The maximum atomic E-state index is 13.6. The Balaban J connectivity index is 2.09. The highest BCUT2D eigenvalue weighted by atomic mass is 79.9. The molecule has 0 fully saturated rings. The molecule has 5 heteroatoms. The van der Waals surface area contributed by atoms with Gasteiger partial charge < -0.3 is 9.84 Å². The molecule has 21 heavy (non-hydrogen) atoms. The molecule has 1 unspecified atom stereocenters. The highest BCUT2D eigenvalue weighted by Crippen LogP contribution is 2.24. The summed E-state index contributed by atoms with van der Waals surface area (Å²) < 4.78 is 32.4. The fraction of sp³-hybridized carbons (Fsp3) is 0.250. The van der Waals surface area contributed by atoms with Gasteiger partial charge in [-0.25, -0.2) is 8.78 Å². The fourth-order valence-corrected chi connectivity index (χ4v) is 2.51. The molecule has 0 heterocycles. The minimum absolute atomic E-state index is 0.121. The molecule has 0 saturated carbocycles. The summed E-state index contributed by atoms with van der Waals surface area (Å²) in [6.07, 6.45) is -0.307. The molecule has 2 aromatic carbocycles. The van der Waals surface area contributed by atoms with Crippen molar-refractivity contribution >= 4 is 15.9 Å².